The van der Waals surface area contributed by atoms with Crippen molar-refractivity contribution in [1.82, 2.24) is 24.4 Å². The monoisotopic (exact) mass is 577 g/mol. The van der Waals surface area contributed by atoms with Gasteiger partial charge in [-0.05, 0) is 73.2 Å². The molecule has 3 heterocycles. The second kappa shape index (κ2) is 12.4. The lowest BCUT2D eigenvalue weighted by molar-refractivity contribution is 0.305. The van der Waals surface area contributed by atoms with Gasteiger partial charge in [0.25, 0.3) is 5.56 Å². The van der Waals surface area contributed by atoms with Crippen LogP contribution in [0.15, 0.2) is 89.9 Å². The predicted molar refractivity (Wildman–Crippen MR) is 167 cm³/mol. The number of methoxy groups -OCH3 is 1. The number of hydrogen-bond donors (Lipinski definition) is 0. The fraction of sp³-hybridized carbons (Fsp3) is 0.212. The largest absolute Gasteiger partial charge is 0.497 e. The van der Waals surface area contributed by atoms with Crippen molar-refractivity contribution in [2.24, 2.45) is 0 Å². The van der Waals surface area contributed by atoms with E-state index >= 15 is 0 Å². The second-order valence-corrected chi connectivity index (χ2v) is 10.9. The smallest absolute Gasteiger partial charge is 0.291 e. The van der Waals surface area contributed by atoms with Gasteiger partial charge in [-0.2, -0.15) is 14.6 Å². The summed E-state index contributed by atoms with van der Waals surface area (Å²) in [6.45, 7) is 2.91. The van der Waals surface area contributed by atoms with Crippen molar-refractivity contribution in [2.75, 3.05) is 13.7 Å². The highest BCUT2D eigenvalue weighted by molar-refractivity contribution is 7.15. The van der Waals surface area contributed by atoms with Crippen LogP contribution in [0, 0.1) is 0 Å². The summed E-state index contributed by atoms with van der Waals surface area (Å²) >= 11 is 1.31. The van der Waals surface area contributed by atoms with E-state index in [0.717, 1.165) is 46.0 Å². The van der Waals surface area contributed by atoms with Crippen LogP contribution in [0.3, 0.4) is 0 Å². The number of thiazole rings is 1. The van der Waals surface area contributed by atoms with Gasteiger partial charge < -0.3 is 9.47 Å². The topological polar surface area (TPSA) is 83.5 Å². The molecule has 0 N–H and O–H groups in total. The van der Waals surface area contributed by atoms with Gasteiger partial charge in [0.2, 0.25) is 4.96 Å². The summed E-state index contributed by atoms with van der Waals surface area (Å²) in [7, 11) is 1.64. The molecule has 6 rings (SSSR count). The Morgan fingerprint density at radius 1 is 0.857 bits per heavy atom. The van der Waals surface area contributed by atoms with E-state index in [1.165, 1.54) is 35.1 Å². The molecule has 8 nitrogen and oxygen atoms in total. The number of hydrogen-bond acceptors (Lipinski definition) is 7. The molecule has 0 spiro atoms. The number of rotatable bonds is 11. The molecule has 0 unspecified atom stereocenters. The Morgan fingerprint density at radius 3 is 2.31 bits per heavy atom. The summed E-state index contributed by atoms with van der Waals surface area (Å²) in [5.41, 5.74) is 4.03. The zero-order chi connectivity index (χ0) is 28.9. The first kappa shape index (κ1) is 27.4. The van der Waals surface area contributed by atoms with Crippen LogP contribution in [-0.2, 0) is 0 Å². The fourth-order valence-electron chi connectivity index (χ4n) is 4.70. The van der Waals surface area contributed by atoms with Crippen molar-refractivity contribution >= 4 is 22.4 Å². The minimum atomic E-state index is -0.214. The number of para-hydroxylation sites is 1. The van der Waals surface area contributed by atoms with E-state index in [9.17, 15) is 4.79 Å². The van der Waals surface area contributed by atoms with Gasteiger partial charge in [-0.25, -0.2) is 4.68 Å². The van der Waals surface area contributed by atoms with Gasteiger partial charge in [-0.1, -0.05) is 55.7 Å². The fourth-order valence-corrected chi connectivity index (χ4v) is 5.59. The van der Waals surface area contributed by atoms with Gasteiger partial charge in [-0.15, -0.1) is 5.10 Å². The van der Waals surface area contributed by atoms with Crippen molar-refractivity contribution in [2.45, 2.75) is 32.6 Å². The SMILES string of the molecule is CCCCCCOc1ccc(-c2nc3s/c(=C\c4cn(-c5ccccc5)nc4-c4ccc(OC)cc4)c(=O)n3n2)cc1. The van der Waals surface area contributed by atoms with E-state index in [0.29, 0.717) is 21.9 Å². The lowest BCUT2D eigenvalue weighted by Crippen LogP contribution is -2.23. The van der Waals surface area contributed by atoms with E-state index in [-0.39, 0.29) is 5.56 Å². The minimum Gasteiger partial charge on any atom is -0.497 e. The summed E-state index contributed by atoms with van der Waals surface area (Å²) in [5.74, 6) is 2.09. The molecule has 0 saturated carbocycles. The Labute approximate surface area is 247 Å². The summed E-state index contributed by atoms with van der Waals surface area (Å²) in [6, 6.07) is 25.3. The first-order valence-corrected chi connectivity index (χ1v) is 14.9. The van der Waals surface area contributed by atoms with Crippen molar-refractivity contribution in [3.8, 4) is 39.8 Å². The third-order valence-electron chi connectivity index (χ3n) is 6.97. The molecule has 0 atom stereocenters. The van der Waals surface area contributed by atoms with Gasteiger partial charge >= 0.3 is 0 Å². The van der Waals surface area contributed by atoms with Gasteiger partial charge in [0, 0.05) is 22.9 Å². The van der Waals surface area contributed by atoms with E-state index < -0.39 is 0 Å². The van der Waals surface area contributed by atoms with Crippen LogP contribution in [-0.4, -0.2) is 38.1 Å². The van der Waals surface area contributed by atoms with Crippen molar-refractivity contribution in [3.63, 3.8) is 0 Å². The maximum Gasteiger partial charge on any atom is 0.291 e. The Balaban J connectivity index is 1.30. The maximum atomic E-state index is 13.4. The number of fused-ring (bicyclic) bond motifs is 1. The molecule has 9 heteroatoms. The molecule has 0 aliphatic heterocycles. The number of benzene rings is 3. The van der Waals surface area contributed by atoms with Gasteiger partial charge in [0.1, 0.15) is 17.2 Å². The highest BCUT2D eigenvalue weighted by Gasteiger charge is 2.15. The molecule has 0 saturated heterocycles. The summed E-state index contributed by atoms with van der Waals surface area (Å²) in [5, 5.41) is 9.40. The van der Waals surface area contributed by atoms with Gasteiger partial charge in [0.15, 0.2) is 5.82 Å². The van der Waals surface area contributed by atoms with Crippen LogP contribution < -0.4 is 19.6 Å². The normalized spacial score (nSPS) is 11.8. The van der Waals surface area contributed by atoms with Crippen molar-refractivity contribution in [3.05, 3.63) is 106 Å². The van der Waals surface area contributed by atoms with Crippen LogP contribution in [0.25, 0.3) is 39.4 Å². The first-order valence-electron chi connectivity index (χ1n) is 14.1. The molecule has 212 valence electrons. The Morgan fingerprint density at radius 2 is 1.60 bits per heavy atom. The molecule has 3 aromatic carbocycles. The Bertz CT molecular complexity index is 1890. The van der Waals surface area contributed by atoms with E-state index in [1.807, 2.05) is 95.8 Å². The molecule has 6 aromatic rings. The molecule has 0 fully saturated rings. The minimum absolute atomic E-state index is 0.214. The zero-order valence-electron chi connectivity index (χ0n) is 23.6. The molecule has 42 heavy (non-hydrogen) atoms. The van der Waals surface area contributed by atoms with Gasteiger partial charge in [0.05, 0.1) is 23.9 Å². The van der Waals surface area contributed by atoms with Gasteiger partial charge in [-0.3, -0.25) is 4.79 Å². The lowest BCUT2D eigenvalue weighted by atomic mass is 10.1. The number of nitrogens with zero attached hydrogens (tertiary/aromatic N) is 5. The Hall–Kier alpha value is -4.76. The standard InChI is InChI=1S/C33H31N5O3S/c1-3-4-5-9-20-41-28-18-14-24(15-19-28)31-34-33-38(36-31)32(39)29(42-33)21-25-22-37(26-10-7-6-8-11-26)35-30(25)23-12-16-27(40-2)17-13-23/h6-8,10-19,21-22H,3-5,9,20H2,1-2H3/b29-21-. The molecular formula is C33H31N5O3S. The van der Waals surface area contributed by atoms with Crippen LogP contribution in [0.4, 0.5) is 0 Å². The maximum absolute atomic E-state index is 13.4. The number of aromatic nitrogens is 5. The number of ether oxygens (including phenoxy) is 2. The highest BCUT2D eigenvalue weighted by atomic mass is 32.1. The molecule has 3 aromatic heterocycles. The van der Waals surface area contributed by atoms with Crippen molar-refractivity contribution in [1.29, 1.82) is 0 Å². The molecule has 0 radical (unpaired) electrons. The molecule has 0 amide bonds. The third-order valence-corrected chi connectivity index (χ3v) is 7.93. The van der Waals surface area contributed by atoms with E-state index in [1.54, 1.807) is 7.11 Å². The quantitative estimate of drug-likeness (QED) is 0.171. The lowest BCUT2D eigenvalue weighted by Gasteiger charge is -2.06. The summed E-state index contributed by atoms with van der Waals surface area (Å²) in [6.07, 6.45) is 8.46. The first-order chi connectivity index (χ1) is 20.6. The summed E-state index contributed by atoms with van der Waals surface area (Å²) < 4.78 is 14.9. The Kier molecular flexibility index (Phi) is 8.09. The predicted octanol–water partition coefficient (Wildman–Crippen LogP) is 6.19. The molecule has 0 aliphatic carbocycles. The molecule has 0 aliphatic rings. The van der Waals surface area contributed by atoms with Crippen LogP contribution >= 0.6 is 11.3 Å². The van der Waals surface area contributed by atoms with Crippen molar-refractivity contribution < 1.29 is 9.47 Å². The molecule has 0 bridgehead atoms. The zero-order valence-corrected chi connectivity index (χ0v) is 24.4. The van der Waals surface area contributed by atoms with Crippen LogP contribution in [0.2, 0.25) is 0 Å². The summed E-state index contributed by atoms with van der Waals surface area (Å²) in [4.78, 5) is 18.6. The number of unbranched alkanes of at least 4 members (excludes halogenated alkanes) is 3. The van der Waals surface area contributed by atoms with Crippen LogP contribution in [0.1, 0.15) is 38.2 Å². The van der Waals surface area contributed by atoms with E-state index in [4.69, 9.17) is 14.6 Å². The van der Waals surface area contributed by atoms with E-state index in [2.05, 4.69) is 17.0 Å². The highest BCUT2D eigenvalue weighted by Crippen LogP contribution is 2.27. The molecular weight excluding hydrogens is 546 g/mol. The average molecular weight is 578 g/mol. The van der Waals surface area contributed by atoms with Crippen LogP contribution in [0.5, 0.6) is 11.5 Å². The third kappa shape index (κ3) is 5.82. The average Bonchev–Trinajstić information content (AvgIpc) is 3.73. The second-order valence-electron chi connectivity index (χ2n) is 9.92.